The summed E-state index contributed by atoms with van der Waals surface area (Å²) >= 11 is 0. The molecule has 1 aromatic rings. The number of carbonyl (C=O) groups is 1. The van der Waals surface area contributed by atoms with Gasteiger partial charge in [0.15, 0.2) is 0 Å². The van der Waals surface area contributed by atoms with Crippen molar-refractivity contribution in [3.8, 4) is 0 Å². The van der Waals surface area contributed by atoms with E-state index in [9.17, 15) is 4.79 Å². The molecule has 0 aliphatic rings. The van der Waals surface area contributed by atoms with Crippen LogP contribution < -0.4 is 10.6 Å². The van der Waals surface area contributed by atoms with Crippen molar-refractivity contribution in [2.75, 3.05) is 32.1 Å². The maximum atomic E-state index is 11.2. The zero-order chi connectivity index (χ0) is 10.9. The molecule has 1 amide bonds. The molecule has 0 unspecified atom stereocenters. The van der Waals surface area contributed by atoms with Crippen molar-refractivity contribution >= 4 is 11.9 Å². The molecular weight excluding hydrogens is 196 g/mol. The first-order valence-corrected chi connectivity index (χ1v) is 4.59. The second kappa shape index (κ2) is 6.72. The van der Waals surface area contributed by atoms with Gasteiger partial charge in [-0.15, -0.1) is 0 Å². The molecule has 0 aromatic carbocycles. The highest BCUT2D eigenvalue weighted by Gasteiger charge is 2.00. The quantitative estimate of drug-likeness (QED) is 0.628. The number of rotatable bonds is 6. The molecule has 15 heavy (non-hydrogen) atoms. The summed E-state index contributed by atoms with van der Waals surface area (Å²) in [6.45, 7) is 1.17. The Labute approximate surface area is 88.1 Å². The summed E-state index contributed by atoms with van der Waals surface area (Å²) in [5.41, 5.74) is 0. The number of hydrogen-bond acceptors (Lipinski definition) is 5. The molecule has 0 aliphatic heterocycles. The van der Waals surface area contributed by atoms with Gasteiger partial charge in [0.1, 0.15) is 0 Å². The lowest BCUT2D eigenvalue weighted by Crippen LogP contribution is -2.32. The molecule has 0 saturated heterocycles. The van der Waals surface area contributed by atoms with E-state index in [0.717, 1.165) is 0 Å². The van der Waals surface area contributed by atoms with Gasteiger partial charge in [-0.3, -0.25) is 4.79 Å². The molecule has 6 nitrogen and oxygen atoms in total. The van der Waals surface area contributed by atoms with Crippen LogP contribution in [-0.4, -0.2) is 42.7 Å². The van der Waals surface area contributed by atoms with E-state index >= 15 is 0 Å². The Morgan fingerprint density at radius 2 is 2.20 bits per heavy atom. The Bertz CT molecular complexity index is 291. The van der Waals surface area contributed by atoms with E-state index in [2.05, 4.69) is 20.6 Å². The maximum absolute atomic E-state index is 11.2. The summed E-state index contributed by atoms with van der Waals surface area (Å²) in [6, 6.07) is 1.71. The number of amides is 1. The fourth-order valence-electron chi connectivity index (χ4n) is 0.905. The van der Waals surface area contributed by atoms with Crippen LogP contribution in [0.25, 0.3) is 0 Å². The predicted molar refractivity (Wildman–Crippen MR) is 55.4 cm³/mol. The second-order valence-corrected chi connectivity index (χ2v) is 2.77. The molecule has 0 bridgehead atoms. The fraction of sp³-hybridized carbons (Fsp3) is 0.444. The van der Waals surface area contributed by atoms with Crippen LogP contribution in [0.5, 0.6) is 0 Å². The van der Waals surface area contributed by atoms with Gasteiger partial charge in [-0.2, -0.15) is 0 Å². The van der Waals surface area contributed by atoms with Crippen molar-refractivity contribution in [2.24, 2.45) is 0 Å². The standard InChI is InChI=1S/C9H14N4O2/c1-15-6-5-10-8(14)7-13-9-11-3-2-4-12-9/h2-4H,5-7H2,1H3,(H,10,14)(H,11,12,13). The second-order valence-electron chi connectivity index (χ2n) is 2.77. The zero-order valence-corrected chi connectivity index (χ0v) is 8.56. The lowest BCUT2D eigenvalue weighted by Gasteiger charge is -2.05. The molecule has 0 atom stereocenters. The summed E-state index contributed by atoms with van der Waals surface area (Å²) in [5, 5.41) is 5.47. The van der Waals surface area contributed by atoms with Crippen LogP contribution in [0.2, 0.25) is 0 Å². The van der Waals surface area contributed by atoms with Crippen LogP contribution in [0.15, 0.2) is 18.5 Å². The average Bonchev–Trinajstić information content (AvgIpc) is 2.28. The summed E-state index contributed by atoms with van der Waals surface area (Å²) in [7, 11) is 1.59. The molecule has 1 heterocycles. The monoisotopic (exact) mass is 210 g/mol. The van der Waals surface area contributed by atoms with Crippen LogP contribution in [0.4, 0.5) is 5.95 Å². The van der Waals surface area contributed by atoms with Gasteiger partial charge in [0.05, 0.1) is 13.2 Å². The molecule has 1 aromatic heterocycles. The highest BCUT2D eigenvalue weighted by Crippen LogP contribution is 1.91. The van der Waals surface area contributed by atoms with Crippen molar-refractivity contribution < 1.29 is 9.53 Å². The minimum atomic E-state index is -0.112. The molecule has 0 fully saturated rings. The van der Waals surface area contributed by atoms with Gasteiger partial charge in [0, 0.05) is 26.0 Å². The van der Waals surface area contributed by atoms with E-state index in [4.69, 9.17) is 4.74 Å². The van der Waals surface area contributed by atoms with Gasteiger partial charge in [-0.05, 0) is 6.07 Å². The van der Waals surface area contributed by atoms with E-state index in [0.29, 0.717) is 19.1 Å². The summed E-state index contributed by atoms with van der Waals surface area (Å²) in [4.78, 5) is 19.0. The van der Waals surface area contributed by atoms with Gasteiger partial charge in [0.2, 0.25) is 11.9 Å². The van der Waals surface area contributed by atoms with Gasteiger partial charge in [-0.1, -0.05) is 0 Å². The maximum Gasteiger partial charge on any atom is 0.239 e. The number of methoxy groups -OCH3 is 1. The summed E-state index contributed by atoms with van der Waals surface area (Å²) in [5.74, 6) is 0.332. The Kier molecular flexibility index (Phi) is 5.10. The minimum absolute atomic E-state index is 0.112. The molecule has 1 rings (SSSR count). The Morgan fingerprint density at radius 1 is 1.47 bits per heavy atom. The number of ether oxygens (including phenoxy) is 1. The van der Waals surface area contributed by atoms with Gasteiger partial charge in [-0.25, -0.2) is 9.97 Å². The first kappa shape index (κ1) is 11.4. The van der Waals surface area contributed by atoms with Crippen molar-refractivity contribution in [2.45, 2.75) is 0 Å². The first-order chi connectivity index (χ1) is 7.33. The van der Waals surface area contributed by atoms with E-state index < -0.39 is 0 Å². The van der Waals surface area contributed by atoms with Crippen molar-refractivity contribution in [1.29, 1.82) is 0 Å². The Morgan fingerprint density at radius 3 is 2.87 bits per heavy atom. The van der Waals surface area contributed by atoms with Crippen LogP contribution in [0, 0.1) is 0 Å². The normalized spacial score (nSPS) is 9.67. The van der Waals surface area contributed by atoms with Crippen molar-refractivity contribution in [1.82, 2.24) is 15.3 Å². The Balaban J connectivity index is 2.17. The number of nitrogens with zero attached hydrogens (tertiary/aromatic N) is 2. The first-order valence-electron chi connectivity index (χ1n) is 4.59. The number of hydrogen-bond donors (Lipinski definition) is 2. The number of anilines is 1. The lowest BCUT2D eigenvalue weighted by atomic mass is 10.5. The van der Waals surface area contributed by atoms with E-state index in [-0.39, 0.29) is 12.5 Å². The average molecular weight is 210 g/mol. The molecule has 0 saturated carbocycles. The zero-order valence-electron chi connectivity index (χ0n) is 8.56. The third-order valence-corrected chi connectivity index (χ3v) is 1.60. The van der Waals surface area contributed by atoms with Gasteiger partial charge < -0.3 is 15.4 Å². The number of carbonyl (C=O) groups excluding carboxylic acids is 1. The number of aromatic nitrogens is 2. The van der Waals surface area contributed by atoms with Crippen LogP contribution in [0.1, 0.15) is 0 Å². The third kappa shape index (κ3) is 4.92. The van der Waals surface area contributed by atoms with Gasteiger partial charge >= 0.3 is 0 Å². The van der Waals surface area contributed by atoms with Crippen molar-refractivity contribution in [3.05, 3.63) is 18.5 Å². The highest BCUT2D eigenvalue weighted by molar-refractivity contribution is 5.80. The van der Waals surface area contributed by atoms with Crippen LogP contribution >= 0.6 is 0 Å². The minimum Gasteiger partial charge on any atom is -0.383 e. The SMILES string of the molecule is COCCNC(=O)CNc1ncccn1. The predicted octanol–water partition coefficient (Wildman–Crippen LogP) is -0.349. The molecule has 82 valence electrons. The van der Waals surface area contributed by atoms with Gasteiger partial charge in [0.25, 0.3) is 0 Å². The molecule has 0 radical (unpaired) electrons. The highest BCUT2D eigenvalue weighted by atomic mass is 16.5. The van der Waals surface area contributed by atoms with E-state index in [1.165, 1.54) is 0 Å². The smallest absolute Gasteiger partial charge is 0.239 e. The largest absolute Gasteiger partial charge is 0.383 e. The summed E-state index contributed by atoms with van der Waals surface area (Å²) < 4.78 is 4.80. The molecule has 0 aliphatic carbocycles. The van der Waals surface area contributed by atoms with Crippen LogP contribution in [-0.2, 0) is 9.53 Å². The van der Waals surface area contributed by atoms with E-state index in [1.54, 1.807) is 25.6 Å². The van der Waals surface area contributed by atoms with E-state index in [1.807, 2.05) is 0 Å². The molecule has 2 N–H and O–H groups in total. The Hall–Kier alpha value is -1.69. The lowest BCUT2D eigenvalue weighted by molar-refractivity contribution is -0.119. The molecular formula is C9H14N4O2. The fourth-order valence-corrected chi connectivity index (χ4v) is 0.905. The molecule has 6 heteroatoms. The van der Waals surface area contributed by atoms with Crippen molar-refractivity contribution in [3.63, 3.8) is 0 Å². The summed E-state index contributed by atoms with van der Waals surface area (Å²) in [6.07, 6.45) is 3.22. The third-order valence-electron chi connectivity index (χ3n) is 1.60. The van der Waals surface area contributed by atoms with Crippen LogP contribution in [0.3, 0.4) is 0 Å². The topological polar surface area (TPSA) is 76.1 Å². The molecule has 0 spiro atoms. The number of nitrogens with one attached hydrogen (secondary N) is 2.